The number of rotatable bonds is 3. The Balaban J connectivity index is 1.72. The molecule has 0 radical (unpaired) electrons. The molecule has 4 atom stereocenters. The molecule has 0 aromatic heterocycles. The van der Waals surface area contributed by atoms with Crippen LogP contribution in [-0.4, -0.2) is 66.8 Å². The Labute approximate surface area is 195 Å². The number of ketones is 1. The van der Waals surface area contributed by atoms with Crippen LogP contribution in [-0.2, 0) is 10.3 Å². The average Bonchev–Trinajstić information content (AvgIpc) is 2.80. The first-order chi connectivity index (χ1) is 16.1. The number of benzene rings is 2. The van der Waals surface area contributed by atoms with E-state index in [4.69, 9.17) is 28.4 Å². The summed E-state index contributed by atoms with van der Waals surface area (Å²) in [6.45, 7) is 3.20. The van der Waals surface area contributed by atoms with Crippen LogP contribution < -0.4 is 23.7 Å². The van der Waals surface area contributed by atoms with E-state index < -0.39 is 41.0 Å². The minimum Gasteiger partial charge on any atom is -0.507 e. The monoisotopic (exact) mass is 474 g/mol. The normalized spacial score (nSPS) is 28.2. The van der Waals surface area contributed by atoms with Gasteiger partial charge in [-0.25, -0.2) is 0 Å². The van der Waals surface area contributed by atoms with Crippen LogP contribution in [0.25, 0.3) is 0 Å². The summed E-state index contributed by atoms with van der Waals surface area (Å²) in [6.07, 6.45) is -3.17. The van der Waals surface area contributed by atoms with Gasteiger partial charge in [-0.1, -0.05) is 0 Å². The van der Waals surface area contributed by atoms with E-state index in [-0.39, 0.29) is 46.3 Å². The number of carbonyl (C=O) groups excluding carboxylic acids is 1. The van der Waals surface area contributed by atoms with Gasteiger partial charge in [-0.2, -0.15) is 0 Å². The minimum absolute atomic E-state index is 0.0244. The summed E-state index contributed by atoms with van der Waals surface area (Å²) >= 11 is 0. The highest BCUT2D eigenvalue weighted by Gasteiger charge is 2.59. The molecule has 0 amide bonds. The zero-order chi connectivity index (χ0) is 24.6. The lowest BCUT2D eigenvalue weighted by Gasteiger charge is -2.46. The third-order valence-electron chi connectivity index (χ3n) is 6.76. The number of fused-ring (bicyclic) bond motifs is 6. The first-order valence-corrected chi connectivity index (χ1v) is 10.7. The number of carbonyl (C=O) groups is 1. The van der Waals surface area contributed by atoms with Gasteiger partial charge >= 0.3 is 0 Å². The molecule has 0 aliphatic carbocycles. The predicted octanol–water partition coefficient (Wildman–Crippen LogP) is 1.85. The van der Waals surface area contributed by atoms with Gasteiger partial charge in [0.1, 0.15) is 53.0 Å². The average molecular weight is 474 g/mol. The summed E-state index contributed by atoms with van der Waals surface area (Å²) in [5.41, 5.74) is -3.05. The highest BCUT2D eigenvalue weighted by Crippen LogP contribution is 2.56. The molecule has 3 N–H and O–H groups in total. The van der Waals surface area contributed by atoms with Gasteiger partial charge < -0.3 is 43.7 Å². The van der Waals surface area contributed by atoms with Gasteiger partial charge in [0.2, 0.25) is 5.78 Å². The highest BCUT2D eigenvalue weighted by molar-refractivity contribution is 6.09. The zero-order valence-electron chi connectivity index (χ0n) is 19.4. The van der Waals surface area contributed by atoms with E-state index in [1.807, 2.05) is 0 Å². The summed E-state index contributed by atoms with van der Waals surface area (Å²) in [6, 6.07) is 4.24. The largest absolute Gasteiger partial charge is 0.507 e. The van der Waals surface area contributed by atoms with Crippen LogP contribution in [0, 0.1) is 0 Å². The number of Topliss-reactive ketones (excluding diaryl/α,β-unsaturated/α-hetero) is 1. The van der Waals surface area contributed by atoms with Crippen molar-refractivity contribution in [3.8, 4) is 34.5 Å². The maximum absolute atomic E-state index is 13.8. The van der Waals surface area contributed by atoms with Crippen LogP contribution in [0.3, 0.4) is 0 Å². The second-order valence-electron chi connectivity index (χ2n) is 9.03. The molecule has 3 aliphatic rings. The fourth-order valence-corrected chi connectivity index (χ4v) is 4.90. The number of ether oxygens (including phenoxy) is 6. The minimum atomic E-state index is -2.18. The quantitative estimate of drug-likeness (QED) is 0.605. The topological polar surface area (TPSA) is 133 Å². The number of hydrogen-bond acceptors (Lipinski definition) is 10. The SMILES string of the molecule is COc1cc2c(cc1OC)[C@@]1(O)C(=O)c3c(O)cc4c(c3O[C@@H]1CO2)[C@@H](OC)[C@H](O)C(C)(C)O4. The first kappa shape index (κ1) is 22.6. The van der Waals surface area contributed by atoms with E-state index in [1.165, 1.54) is 39.5 Å². The molecule has 34 heavy (non-hydrogen) atoms. The third kappa shape index (κ3) is 2.82. The summed E-state index contributed by atoms with van der Waals surface area (Å²) in [5.74, 6) is -0.161. The maximum Gasteiger partial charge on any atom is 0.210 e. The van der Waals surface area contributed by atoms with Crippen LogP contribution in [0.2, 0.25) is 0 Å². The van der Waals surface area contributed by atoms with Crippen LogP contribution >= 0.6 is 0 Å². The van der Waals surface area contributed by atoms with E-state index in [9.17, 15) is 20.1 Å². The third-order valence-corrected chi connectivity index (χ3v) is 6.76. The molecular weight excluding hydrogens is 448 g/mol. The molecule has 10 heteroatoms. The number of phenols is 1. The van der Waals surface area contributed by atoms with Crippen molar-refractivity contribution in [3.63, 3.8) is 0 Å². The first-order valence-electron chi connectivity index (χ1n) is 10.7. The fourth-order valence-electron chi connectivity index (χ4n) is 4.90. The number of hydrogen-bond donors (Lipinski definition) is 3. The summed E-state index contributed by atoms with van der Waals surface area (Å²) in [5, 5.41) is 33.4. The van der Waals surface area contributed by atoms with Gasteiger partial charge in [-0.3, -0.25) is 4.79 Å². The highest BCUT2D eigenvalue weighted by atomic mass is 16.6. The van der Waals surface area contributed by atoms with Gasteiger partial charge in [-0.05, 0) is 19.9 Å². The second kappa shape index (κ2) is 7.39. The van der Waals surface area contributed by atoms with Gasteiger partial charge in [0.15, 0.2) is 23.2 Å². The standard InChI is InChI=1S/C24H26O10/c1-23(2)22(27)20(31-5)18-15(34-23)7-11(25)17-19(18)33-16-9-32-12-8-14(30-4)13(29-3)6-10(12)24(16,28)21(17)26/h6-8,16,20,22,25,27-28H,9H2,1-5H3/t16-,20-,22+,24+/m1/s1. The Bertz CT molecular complexity index is 1190. The molecule has 0 saturated heterocycles. The Morgan fingerprint density at radius 2 is 1.74 bits per heavy atom. The van der Waals surface area contributed by atoms with E-state index in [0.29, 0.717) is 5.75 Å². The summed E-state index contributed by atoms with van der Waals surface area (Å²) in [4.78, 5) is 13.8. The van der Waals surface area contributed by atoms with Gasteiger partial charge in [0.25, 0.3) is 0 Å². The molecular formula is C24H26O10. The number of aliphatic hydroxyl groups is 2. The van der Waals surface area contributed by atoms with E-state index in [1.54, 1.807) is 13.8 Å². The molecule has 3 heterocycles. The number of methoxy groups -OCH3 is 3. The molecule has 2 aromatic carbocycles. The Morgan fingerprint density at radius 1 is 1.06 bits per heavy atom. The fraction of sp³-hybridized carbons (Fsp3) is 0.458. The van der Waals surface area contributed by atoms with Crippen LogP contribution in [0.4, 0.5) is 0 Å². The van der Waals surface area contributed by atoms with Crippen molar-refractivity contribution < 1.29 is 48.5 Å². The number of aromatic hydroxyl groups is 1. The molecule has 10 nitrogen and oxygen atoms in total. The van der Waals surface area contributed by atoms with Crippen molar-refractivity contribution >= 4 is 5.78 Å². The van der Waals surface area contributed by atoms with Crippen molar-refractivity contribution in [1.29, 1.82) is 0 Å². The Kier molecular flexibility index (Phi) is 4.91. The maximum atomic E-state index is 13.8. The van der Waals surface area contributed by atoms with E-state index in [2.05, 4.69) is 0 Å². The zero-order valence-corrected chi connectivity index (χ0v) is 19.4. The molecule has 0 unspecified atom stereocenters. The van der Waals surface area contributed by atoms with Crippen molar-refractivity contribution in [2.45, 2.75) is 43.4 Å². The molecule has 182 valence electrons. The Morgan fingerprint density at radius 3 is 2.38 bits per heavy atom. The van der Waals surface area contributed by atoms with Gasteiger partial charge in [-0.15, -0.1) is 0 Å². The van der Waals surface area contributed by atoms with Gasteiger partial charge in [0.05, 0.1) is 19.8 Å². The lowest BCUT2D eigenvalue weighted by atomic mass is 9.75. The summed E-state index contributed by atoms with van der Waals surface area (Å²) in [7, 11) is 4.31. The lowest BCUT2D eigenvalue weighted by molar-refractivity contribution is -0.127. The van der Waals surface area contributed by atoms with Crippen LogP contribution in [0.5, 0.6) is 34.5 Å². The second-order valence-corrected chi connectivity index (χ2v) is 9.03. The number of phenolic OH excluding ortho intramolecular Hbond substituents is 1. The molecule has 0 fully saturated rings. The van der Waals surface area contributed by atoms with Crippen LogP contribution in [0.15, 0.2) is 18.2 Å². The Hall–Kier alpha value is -3.21. The van der Waals surface area contributed by atoms with Crippen molar-refractivity contribution in [2.24, 2.45) is 0 Å². The van der Waals surface area contributed by atoms with Crippen molar-refractivity contribution in [2.75, 3.05) is 27.9 Å². The smallest absolute Gasteiger partial charge is 0.210 e. The molecule has 0 bridgehead atoms. The molecule has 5 rings (SSSR count). The summed E-state index contributed by atoms with van der Waals surface area (Å²) < 4.78 is 34.0. The van der Waals surface area contributed by atoms with Gasteiger partial charge in [0, 0.05) is 24.8 Å². The predicted molar refractivity (Wildman–Crippen MR) is 116 cm³/mol. The van der Waals surface area contributed by atoms with E-state index in [0.717, 1.165) is 0 Å². The van der Waals surface area contributed by atoms with E-state index >= 15 is 0 Å². The lowest BCUT2D eigenvalue weighted by Crippen LogP contribution is -2.58. The molecule has 2 aromatic rings. The molecule has 3 aliphatic heterocycles. The van der Waals surface area contributed by atoms with Crippen molar-refractivity contribution in [1.82, 2.24) is 0 Å². The molecule has 0 spiro atoms. The molecule has 0 saturated carbocycles. The van der Waals surface area contributed by atoms with Crippen molar-refractivity contribution in [3.05, 3.63) is 34.9 Å². The van der Waals surface area contributed by atoms with Crippen LogP contribution in [0.1, 0.15) is 41.4 Å². The number of aliphatic hydroxyl groups excluding tert-OH is 1.